The van der Waals surface area contributed by atoms with Gasteiger partial charge >= 0.3 is 0 Å². The van der Waals surface area contributed by atoms with Gasteiger partial charge in [-0.15, -0.1) is 12.4 Å². The van der Waals surface area contributed by atoms with E-state index in [1.165, 1.54) is 5.56 Å². The molecule has 2 aromatic rings. The van der Waals surface area contributed by atoms with Gasteiger partial charge in [-0.1, -0.05) is 37.6 Å². The van der Waals surface area contributed by atoms with Crippen LogP contribution in [0, 0.1) is 0 Å². The Morgan fingerprint density at radius 1 is 1.04 bits per heavy atom. The van der Waals surface area contributed by atoms with E-state index in [-0.39, 0.29) is 18.3 Å². The first kappa shape index (κ1) is 20.8. The van der Waals surface area contributed by atoms with Crippen molar-refractivity contribution in [3.63, 3.8) is 0 Å². The molecule has 0 fully saturated rings. The zero-order chi connectivity index (χ0) is 17.2. The molecular formula is C20H27ClN2O2. The summed E-state index contributed by atoms with van der Waals surface area (Å²) in [5.41, 5.74) is 8.50. The van der Waals surface area contributed by atoms with Crippen molar-refractivity contribution in [2.45, 2.75) is 32.6 Å². The first-order chi connectivity index (χ1) is 11.7. The lowest BCUT2D eigenvalue weighted by molar-refractivity contribution is -0.120. The monoisotopic (exact) mass is 362 g/mol. The van der Waals surface area contributed by atoms with Crippen LogP contribution in [0.2, 0.25) is 0 Å². The third-order valence-electron chi connectivity index (χ3n) is 3.77. The summed E-state index contributed by atoms with van der Waals surface area (Å²) in [4.78, 5) is 11.9. The SMILES string of the molecule is CCCCOc1ccc(CCNC(=O)Cc2ccc(N)cc2)cc1.Cl. The maximum absolute atomic E-state index is 11.9. The molecule has 5 heteroatoms. The fourth-order valence-electron chi connectivity index (χ4n) is 2.32. The second-order valence-electron chi connectivity index (χ2n) is 5.86. The van der Waals surface area contributed by atoms with E-state index >= 15 is 0 Å². The summed E-state index contributed by atoms with van der Waals surface area (Å²) in [6.07, 6.45) is 3.39. The van der Waals surface area contributed by atoms with Gasteiger partial charge in [0.2, 0.25) is 5.91 Å². The highest BCUT2D eigenvalue weighted by atomic mass is 35.5. The largest absolute Gasteiger partial charge is 0.494 e. The van der Waals surface area contributed by atoms with Crippen LogP contribution in [0.3, 0.4) is 0 Å². The van der Waals surface area contributed by atoms with Gasteiger partial charge in [-0.25, -0.2) is 0 Å². The fourth-order valence-corrected chi connectivity index (χ4v) is 2.32. The molecule has 0 aliphatic heterocycles. The van der Waals surface area contributed by atoms with Crippen molar-refractivity contribution in [2.75, 3.05) is 18.9 Å². The van der Waals surface area contributed by atoms with E-state index in [1.54, 1.807) is 0 Å². The van der Waals surface area contributed by atoms with E-state index < -0.39 is 0 Å². The number of hydrogen-bond acceptors (Lipinski definition) is 3. The third kappa shape index (κ3) is 7.94. The minimum Gasteiger partial charge on any atom is -0.494 e. The number of benzene rings is 2. The summed E-state index contributed by atoms with van der Waals surface area (Å²) in [6, 6.07) is 15.5. The number of anilines is 1. The average Bonchev–Trinajstić information content (AvgIpc) is 2.59. The number of nitrogen functional groups attached to an aromatic ring is 1. The molecule has 3 N–H and O–H groups in total. The predicted molar refractivity (Wildman–Crippen MR) is 105 cm³/mol. The first-order valence-corrected chi connectivity index (χ1v) is 8.50. The summed E-state index contributed by atoms with van der Waals surface area (Å²) in [5, 5.41) is 2.95. The number of nitrogens with one attached hydrogen (secondary N) is 1. The fraction of sp³-hybridized carbons (Fsp3) is 0.350. The molecule has 0 aliphatic rings. The highest BCUT2D eigenvalue weighted by Crippen LogP contribution is 2.13. The summed E-state index contributed by atoms with van der Waals surface area (Å²) in [7, 11) is 0. The number of amides is 1. The number of unbranched alkanes of at least 4 members (excludes halogenated alkanes) is 1. The second kappa shape index (κ2) is 11.4. The zero-order valence-electron chi connectivity index (χ0n) is 14.7. The molecule has 0 aromatic heterocycles. The number of nitrogens with two attached hydrogens (primary N) is 1. The van der Waals surface area contributed by atoms with Crippen molar-refractivity contribution < 1.29 is 9.53 Å². The van der Waals surface area contributed by atoms with Crippen LogP contribution < -0.4 is 15.8 Å². The third-order valence-corrected chi connectivity index (χ3v) is 3.77. The zero-order valence-corrected chi connectivity index (χ0v) is 15.5. The lowest BCUT2D eigenvalue weighted by atomic mass is 10.1. The lowest BCUT2D eigenvalue weighted by Crippen LogP contribution is -2.27. The van der Waals surface area contributed by atoms with Crippen LogP contribution in [0.1, 0.15) is 30.9 Å². The molecule has 0 spiro atoms. The van der Waals surface area contributed by atoms with E-state index in [0.717, 1.165) is 37.2 Å². The molecule has 25 heavy (non-hydrogen) atoms. The molecule has 2 rings (SSSR count). The van der Waals surface area contributed by atoms with Crippen LogP contribution >= 0.6 is 12.4 Å². The summed E-state index contributed by atoms with van der Waals surface area (Å²) >= 11 is 0. The number of carbonyl (C=O) groups is 1. The molecule has 1 amide bonds. The molecule has 0 atom stereocenters. The summed E-state index contributed by atoms with van der Waals surface area (Å²) in [5.74, 6) is 0.930. The predicted octanol–water partition coefficient (Wildman–Crippen LogP) is 3.77. The molecule has 0 radical (unpaired) electrons. The minimum atomic E-state index is 0. The van der Waals surface area contributed by atoms with Gasteiger partial charge in [-0.3, -0.25) is 4.79 Å². The van der Waals surface area contributed by atoms with Crippen molar-refractivity contribution in [1.29, 1.82) is 0 Å². The van der Waals surface area contributed by atoms with Gasteiger partial charge in [0.15, 0.2) is 0 Å². The Kier molecular flexibility index (Phi) is 9.48. The highest BCUT2D eigenvalue weighted by molar-refractivity contribution is 5.85. The van der Waals surface area contributed by atoms with Crippen LogP contribution in [0.4, 0.5) is 5.69 Å². The Morgan fingerprint density at radius 2 is 1.68 bits per heavy atom. The molecule has 0 unspecified atom stereocenters. The number of ether oxygens (including phenoxy) is 1. The Labute approximate surface area is 156 Å². The molecule has 2 aromatic carbocycles. The van der Waals surface area contributed by atoms with E-state index in [0.29, 0.717) is 18.7 Å². The van der Waals surface area contributed by atoms with E-state index in [9.17, 15) is 4.79 Å². The van der Waals surface area contributed by atoms with Gasteiger partial charge in [-0.2, -0.15) is 0 Å². The molecule has 136 valence electrons. The quantitative estimate of drug-likeness (QED) is 0.527. The van der Waals surface area contributed by atoms with Gasteiger partial charge in [0.1, 0.15) is 5.75 Å². The van der Waals surface area contributed by atoms with Crippen molar-refractivity contribution in [2.24, 2.45) is 0 Å². The van der Waals surface area contributed by atoms with Crippen molar-refractivity contribution in [3.8, 4) is 5.75 Å². The molecule has 4 nitrogen and oxygen atoms in total. The van der Waals surface area contributed by atoms with Crippen LogP contribution in [0.25, 0.3) is 0 Å². The van der Waals surface area contributed by atoms with Gasteiger partial charge in [0.05, 0.1) is 13.0 Å². The van der Waals surface area contributed by atoms with E-state index in [4.69, 9.17) is 10.5 Å². The topological polar surface area (TPSA) is 64.3 Å². The van der Waals surface area contributed by atoms with Crippen LogP contribution in [0.15, 0.2) is 48.5 Å². The number of hydrogen-bond donors (Lipinski definition) is 2. The lowest BCUT2D eigenvalue weighted by Gasteiger charge is -2.08. The standard InChI is InChI=1S/C20H26N2O2.ClH/c1-2-3-14-24-19-10-6-16(7-11-19)12-13-22-20(23)15-17-4-8-18(21)9-5-17;/h4-11H,2-3,12-15,21H2,1H3,(H,22,23);1H. The minimum absolute atomic E-state index is 0. The van der Waals surface area contributed by atoms with Crippen LogP contribution in [-0.4, -0.2) is 19.1 Å². The average molecular weight is 363 g/mol. The van der Waals surface area contributed by atoms with E-state index in [2.05, 4.69) is 12.2 Å². The van der Waals surface area contributed by atoms with Gasteiger partial charge in [-0.05, 0) is 48.2 Å². The van der Waals surface area contributed by atoms with Crippen LogP contribution in [0.5, 0.6) is 5.75 Å². The summed E-state index contributed by atoms with van der Waals surface area (Å²) < 4.78 is 5.64. The van der Waals surface area contributed by atoms with Gasteiger partial charge < -0.3 is 15.8 Å². The maximum Gasteiger partial charge on any atom is 0.224 e. The van der Waals surface area contributed by atoms with E-state index in [1.807, 2.05) is 48.5 Å². The van der Waals surface area contributed by atoms with Gasteiger partial charge in [0, 0.05) is 12.2 Å². The normalized spacial score (nSPS) is 9.96. The Balaban J connectivity index is 0.00000312. The number of halogens is 1. The number of rotatable bonds is 9. The van der Waals surface area contributed by atoms with Gasteiger partial charge in [0.25, 0.3) is 0 Å². The second-order valence-corrected chi connectivity index (χ2v) is 5.86. The first-order valence-electron chi connectivity index (χ1n) is 8.50. The van der Waals surface area contributed by atoms with Crippen LogP contribution in [-0.2, 0) is 17.6 Å². The Bertz CT molecular complexity index is 627. The number of carbonyl (C=O) groups excluding carboxylic acids is 1. The van der Waals surface area contributed by atoms with Crippen molar-refractivity contribution >= 4 is 24.0 Å². The highest BCUT2D eigenvalue weighted by Gasteiger charge is 2.03. The molecule has 0 heterocycles. The smallest absolute Gasteiger partial charge is 0.224 e. The molecule has 0 saturated heterocycles. The molecule has 0 aliphatic carbocycles. The molecule has 0 bridgehead atoms. The molecular weight excluding hydrogens is 336 g/mol. The Hall–Kier alpha value is -2.20. The Morgan fingerprint density at radius 3 is 2.32 bits per heavy atom. The summed E-state index contributed by atoms with van der Waals surface area (Å²) in [6.45, 7) is 3.54. The van der Waals surface area contributed by atoms with Crippen molar-refractivity contribution in [3.05, 3.63) is 59.7 Å². The maximum atomic E-state index is 11.9. The molecule has 0 saturated carbocycles. The van der Waals surface area contributed by atoms with Crippen molar-refractivity contribution in [1.82, 2.24) is 5.32 Å².